The Morgan fingerprint density at radius 1 is 1.33 bits per heavy atom. The van der Waals surface area contributed by atoms with Crippen LogP contribution in [0.1, 0.15) is 25.7 Å². The average molecular weight is 420 g/mol. The van der Waals surface area contributed by atoms with Crippen LogP contribution < -0.4 is 0 Å². The second-order valence-corrected chi connectivity index (χ2v) is 3.83. The van der Waals surface area contributed by atoms with Crippen molar-refractivity contribution in [1.82, 2.24) is 0 Å². The van der Waals surface area contributed by atoms with Gasteiger partial charge in [-0.25, -0.2) is 0 Å². The summed E-state index contributed by atoms with van der Waals surface area (Å²) in [6.45, 7) is 2.12. The topological polar surface area (TPSA) is 26.3 Å². The molecule has 3 unspecified atom stereocenters. The number of rotatable bonds is 3. The van der Waals surface area contributed by atoms with Gasteiger partial charge in [0.1, 0.15) is 0 Å². The van der Waals surface area contributed by atoms with Crippen molar-refractivity contribution < 1.29 is 9.53 Å². The van der Waals surface area contributed by atoms with Crippen LogP contribution in [0.5, 0.6) is 0 Å². The van der Waals surface area contributed by atoms with Crippen LogP contribution in [-0.4, -0.2) is 13.1 Å². The van der Waals surface area contributed by atoms with Crippen LogP contribution in [0.25, 0.3) is 0 Å². The largest absolute Gasteiger partial charge is 0.652 e. The van der Waals surface area contributed by atoms with Gasteiger partial charge in [-0.3, -0.25) is 0 Å². The van der Waals surface area contributed by atoms with E-state index in [0.29, 0.717) is 12.5 Å². The van der Waals surface area contributed by atoms with Crippen LogP contribution in [0.4, 0.5) is 0 Å². The quantitative estimate of drug-likeness (QED) is 0.648. The molecule has 2 fully saturated rings. The fourth-order valence-corrected chi connectivity index (χ4v) is 2.72. The second kappa shape index (κ2) is 3.24. The van der Waals surface area contributed by atoms with Crippen molar-refractivity contribution in [3.63, 3.8) is 0 Å². The van der Waals surface area contributed by atoms with Gasteiger partial charge >= 0.3 is 0 Å². The molecule has 2 bridgehead atoms. The van der Waals surface area contributed by atoms with Crippen molar-refractivity contribution in [2.75, 3.05) is 6.61 Å². The Morgan fingerprint density at radius 2 is 2.17 bits per heavy atom. The summed E-state index contributed by atoms with van der Waals surface area (Å²) in [5.41, 5.74) is 0. The summed E-state index contributed by atoms with van der Waals surface area (Å²) in [6.07, 6.45) is 5.43. The first kappa shape index (κ1) is 8.57. The first-order valence-electron chi connectivity index (χ1n) is 4.39. The maximum absolute atomic E-state index is 9.82. The van der Waals surface area contributed by atoms with Crippen molar-refractivity contribution >= 4 is 6.47 Å². The van der Waals surface area contributed by atoms with Gasteiger partial charge in [0.05, 0.1) is 6.61 Å². The minimum Gasteiger partial charge on any atom is -0.652 e. The number of hydrogen-bond acceptors (Lipinski definition) is 2. The molecule has 0 aromatic carbocycles. The second-order valence-electron chi connectivity index (χ2n) is 3.83. The SMILES string of the molecule is O=[C-]OCC1CC2CCC1C2.[Rf]. The molecule has 2 saturated carbocycles. The predicted octanol–water partition coefficient (Wildman–Crippen LogP) is 1.51. The molecule has 3 heteroatoms. The molecule has 0 radical (unpaired) electrons. The molecule has 0 N–H and O–H groups in total. The molecule has 0 aromatic rings. The van der Waals surface area contributed by atoms with Gasteiger partial charge in [-0.1, -0.05) is 12.9 Å². The number of carbonyl (C=O) groups excluding carboxylic acids is 1. The third-order valence-corrected chi connectivity index (χ3v) is 3.24. The molecule has 0 heterocycles. The van der Waals surface area contributed by atoms with E-state index in [2.05, 4.69) is 4.74 Å². The summed E-state index contributed by atoms with van der Waals surface area (Å²) < 4.78 is 4.66. The van der Waals surface area contributed by atoms with Crippen LogP contribution in [0.3, 0.4) is 0 Å². The Bertz CT molecular complexity index is 161. The Hall–Kier alpha value is -1.53. The Morgan fingerprint density at radius 3 is 2.67 bits per heavy atom. The average Bonchev–Trinajstić information content (AvgIpc) is 2.60. The monoisotopic (exact) mass is 420 g/mol. The summed E-state index contributed by atoms with van der Waals surface area (Å²) in [5, 5.41) is 0. The van der Waals surface area contributed by atoms with E-state index in [9.17, 15) is 4.79 Å². The smallest absolute Gasteiger partial charge is 0.0512 e. The first-order chi connectivity index (χ1) is 5.40. The predicted molar refractivity (Wildman–Crippen MR) is 40.6 cm³/mol. The molecule has 0 saturated heterocycles. The fourth-order valence-electron chi connectivity index (χ4n) is 2.72. The Balaban J connectivity index is 0.000000720. The Labute approximate surface area is 66.9 Å². The molecule has 0 aliphatic heterocycles. The molecule has 0 aromatic heterocycles. The maximum atomic E-state index is 9.82. The molecule has 2 aliphatic carbocycles. The van der Waals surface area contributed by atoms with Crippen LogP contribution in [0, 0.1) is 17.8 Å². The van der Waals surface area contributed by atoms with E-state index in [1.165, 1.54) is 32.2 Å². The summed E-state index contributed by atoms with van der Waals surface area (Å²) in [4.78, 5) is 9.82. The van der Waals surface area contributed by atoms with Crippen molar-refractivity contribution in [1.29, 1.82) is 0 Å². The van der Waals surface area contributed by atoms with Crippen molar-refractivity contribution in [2.45, 2.75) is 25.7 Å². The zero-order chi connectivity index (χ0) is 7.68. The van der Waals surface area contributed by atoms with Gasteiger partial charge in [0.25, 0.3) is 0 Å². The van der Waals surface area contributed by atoms with Gasteiger partial charge in [0.2, 0.25) is 0 Å². The molecule has 0 amide bonds. The molecule has 3 atom stereocenters. The number of fused-ring (bicyclic) bond motifs is 2. The molecule has 0 spiro atoms. The minimum atomic E-state index is 0. The van der Waals surface area contributed by atoms with Crippen molar-refractivity contribution in [2.24, 2.45) is 17.8 Å². The zero-order valence-electron chi connectivity index (χ0n) is 7.29. The van der Waals surface area contributed by atoms with Gasteiger partial charge in [-0.05, 0) is 37.0 Å². The van der Waals surface area contributed by atoms with E-state index in [1.807, 2.05) is 0 Å². The van der Waals surface area contributed by atoms with E-state index in [-0.39, 0.29) is 0 Å². The van der Waals surface area contributed by atoms with Crippen LogP contribution >= 0.6 is 0 Å². The summed E-state index contributed by atoms with van der Waals surface area (Å²) >= 11 is 0. The molecular formula is C9H13O2Rf-. The van der Waals surface area contributed by atoms with Gasteiger partial charge in [-0.15, -0.1) is 0 Å². The third kappa shape index (κ3) is 1.25. The molecular weight excluding hydrogens is 407 g/mol. The molecule has 64 valence electrons. The maximum Gasteiger partial charge on any atom is 0.0512 e. The number of ether oxygens (including phenoxy) is 1. The van der Waals surface area contributed by atoms with E-state index >= 15 is 0 Å². The molecule has 2 aliphatic rings. The van der Waals surface area contributed by atoms with Gasteiger partial charge in [0, 0.05) is 0 Å². The fraction of sp³-hybridized carbons (Fsp3) is 0.889. The van der Waals surface area contributed by atoms with Gasteiger partial charge < -0.3 is 9.53 Å². The van der Waals surface area contributed by atoms with Crippen LogP contribution in [0.15, 0.2) is 0 Å². The Kier molecular flexibility index (Phi) is 2.32. The van der Waals surface area contributed by atoms with E-state index in [4.69, 9.17) is 0 Å². The van der Waals surface area contributed by atoms with E-state index in [1.54, 1.807) is 0 Å². The molecule has 2 rings (SSSR count). The van der Waals surface area contributed by atoms with Gasteiger partial charge in [-0.2, -0.15) is 0 Å². The van der Waals surface area contributed by atoms with E-state index in [0.717, 1.165) is 11.8 Å². The normalized spacial score (nSPS) is 37.5. The molecule has 2 nitrogen and oxygen atoms in total. The van der Waals surface area contributed by atoms with Crippen molar-refractivity contribution in [3.8, 4) is 0 Å². The van der Waals surface area contributed by atoms with E-state index < -0.39 is 0 Å². The number of hydrogen-bond donors (Lipinski definition) is 0. The minimum absolute atomic E-state index is 0. The van der Waals surface area contributed by atoms with Crippen LogP contribution in [0.2, 0.25) is 0 Å². The summed E-state index contributed by atoms with van der Waals surface area (Å²) in [7, 11) is 0. The zero-order valence-corrected chi connectivity index (χ0v) is 13.7. The van der Waals surface area contributed by atoms with Gasteiger partial charge in [0.15, 0.2) is 0 Å². The standard InChI is InChI=1S/C9H13O2.Rf/c10-6-11-5-9-4-7-1-2-8(9)3-7;/h7-9H,1-5H2;/q-1;. The summed E-state index contributed by atoms with van der Waals surface area (Å²) in [6, 6.07) is 0. The summed E-state index contributed by atoms with van der Waals surface area (Å²) in [5.74, 6) is 2.46. The third-order valence-electron chi connectivity index (χ3n) is 3.24. The first-order valence-corrected chi connectivity index (χ1v) is 4.39. The van der Waals surface area contributed by atoms with Crippen LogP contribution in [-0.2, 0) is 9.53 Å². The molecule has 12 heavy (non-hydrogen) atoms. The van der Waals surface area contributed by atoms with Crippen molar-refractivity contribution in [3.05, 3.63) is 0 Å².